The Labute approximate surface area is 147 Å². The molecule has 0 saturated heterocycles. The summed E-state index contributed by atoms with van der Waals surface area (Å²) in [6.07, 6.45) is -0.0870. The van der Waals surface area contributed by atoms with E-state index in [0.29, 0.717) is 26.2 Å². The molecule has 2 rings (SSSR count). The minimum absolute atomic E-state index is 0.0790. The summed E-state index contributed by atoms with van der Waals surface area (Å²) in [5, 5.41) is 21.8. The molecule has 1 aliphatic rings. The van der Waals surface area contributed by atoms with Crippen LogP contribution in [-0.4, -0.2) is 76.2 Å². The first-order chi connectivity index (χ1) is 12.0. The monoisotopic (exact) mass is 350 g/mol. The quantitative estimate of drug-likeness (QED) is 0.693. The first-order valence-electron chi connectivity index (χ1n) is 8.48. The van der Waals surface area contributed by atoms with Crippen LogP contribution in [0.25, 0.3) is 0 Å². The molecular formula is C17H26N4O4. The molecule has 138 valence electrons. The molecule has 0 radical (unpaired) electrons. The van der Waals surface area contributed by atoms with Crippen LogP contribution in [0.15, 0.2) is 18.2 Å². The Morgan fingerprint density at radius 2 is 2.00 bits per heavy atom. The maximum absolute atomic E-state index is 11.7. The van der Waals surface area contributed by atoms with Gasteiger partial charge in [0.2, 0.25) is 0 Å². The molecule has 8 nitrogen and oxygen atoms in total. The van der Waals surface area contributed by atoms with Gasteiger partial charge in [-0.05, 0) is 25.6 Å². The van der Waals surface area contributed by atoms with Gasteiger partial charge >= 0.3 is 11.9 Å². The summed E-state index contributed by atoms with van der Waals surface area (Å²) in [6.45, 7) is 3.97. The Morgan fingerprint density at radius 3 is 2.72 bits per heavy atom. The van der Waals surface area contributed by atoms with Crippen LogP contribution in [0.2, 0.25) is 0 Å². The molecule has 2 bridgehead atoms. The number of nitrogens with zero attached hydrogens (tertiary/aromatic N) is 3. The van der Waals surface area contributed by atoms with Crippen LogP contribution < -0.4 is 5.32 Å². The van der Waals surface area contributed by atoms with E-state index < -0.39 is 18.0 Å². The number of likely N-dealkylation sites (N-methyl/N-ethyl adjacent to an activating group) is 1. The van der Waals surface area contributed by atoms with Gasteiger partial charge in [-0.2, -0.15) is 0 Å². The van der Waals surface area contributed by atoms with Gasteiger partial charge in [0.05, 0.1) is 11.4 Å². The fraction of sp³-hybridized carbons (Fsp3) is 0.588. The molecule has 25 heavy (non-hydrogen) atoms. The van der Waals surface area contributed by atoms with E-state index in [4.69, 9.17) is 5.11 Å². The molecule has 3 N–H and O–H groups in total. The standard InChI is InChI=1S/C17H26N4O4/c1-20-8-7-18-11-13-3-2-4-14(19-13)12-21(10-9-20)15(17(24)25)5-6-16(22)23/h2-4,15,18H,5-12H2,1H3,(H,22,23)(H,24,25). The topological polar surface area (TPSA) is 106 Å². The fourth-order valence-corrected chi connectivity index (χ4v) is 2.89. The second-order valence-electron chi connectivity index (χ2n) is 6.36. The van der Waals surface area contributed by atoms with E-state index in [0.717, 1.165) is 24.5 Å². The molecule has 1 aliphatic heterocycles. The highest BCUT2D eigenvalue weighted by molar-refractivity contribution is 5.75. The molecule has 0 aromatic carbocycles. The van der Waals surface area contributed by atoms with Crippen molar-refractivity contribution in [1.29, 1.82) is 0 Å². The van der Waals surface area contributed by atoms with E-state index in [2.05, 4.69) is 15.2 Å². The van der Waals surface area contributed by atoms with Crippen molar-refractivity contribution in [2.75, 3.05) is 33.2 Å². The van der Waals surface area contributed by atoms with Crippen LogP contribution in [0.4, 0.5) is 0 Å². The van der Waals surface area contributed by atoms with Crippen molar-refractivity contribution in [3.63, 3.8) is 0 Å². The first kappa shape index (κ1) is 19.3. The summed E-state index contributed by atoms with van der Waals surface area (Å²) in [6, 6.07) is 4.90. The average molecular weight is 350 g/mol. The van der Waals surface area contributed by atoms with Crippen LogP contribution in [0.5, 0.6) is 0 Å². The van der Waals surface area contributed by atoms with Gasteiger partial charge in [-0.3, -0.25) is 19.5 Å². The van der Waals surface area contributed by atoms with Crippen molar-refractivity contribution in [1.82, 2.24) is 20.1 Å². The lowest BCUT2D eigenvalue weighted by molar-refractivity contribution is -0.144. The van der Waals surface area contributed by atoms with Crippen molar-refractivity contribution >= 4 is 11.9 Å². The number of rotatable bonds is 5. The minimum Gasteiger partial charge on any atom is -0.481 e. The SMILES string of the molecule is CN1CCNCc2cccc(n2)CN(C(CCC(=O)O)C(=O)O)CC1. The maximum Gasteiger partial charge on any atom is 0.320 e. The lowest BCUT2D eigenvalue weighted by atomic mass is 10.1. The molecule has 1 atom stereocenters. The maximum atomic E-state index is 11.7. The fourth-order valence-electron chi connectivity index (χ4n) is 2.89. The molecule has 0 fully saturated rings. The summed E-state index contributed by atoms with van der Waals surface area (Å²) in [5.41, 5.74) is 1.71. The molecule has 2 heterocycles. The number of fused-ring (bicyclic) bond motifs is 2. The van der Waals surface area contributed by atoms with Gasteiger partial charge in [-0.15, -0.1) is 0 Å². The van der Waals surface area contributed by atoms with E-state index >= 15 is 0 Å². The molecular weight excluding hydrogens is 324 g/mol. The zero-order valence-corrected chi connectivity index (χ0v) is 14.5. The number of aromatic nitrogens is 1. The van der Waals surface area contributed by atoms with Crippen LogP contribution in [0.3, 0.4) is 0 Å². The van der Waals surface area contributed by atoms with Gasteiger partial charge in [0.1, 0.15) is 6.04 Å². The average Bonchev–Trinajstić information content (AvgIpc) is 2.55. The second-order valence-corrected chi connectivity index (χ2v) is 6.36. The number of carboxylic acid groups (broad SMARTS) is 2. The molecule has 0 saturated carbocycles. The van der Waals surface area contributed by atoms with Gasteiger partial charge in [0, 0.05) is 45.7 Å². The van der Waals surface area contributed by atoms with E-state index in [-0.39, 0.29) is 12.8 Å². The highest BCUT2D eigenvalue weighted by atomic mass is 16.4. The highest BCUT2D eigenvalue weighted by Crippen LogP contribution is 2.13. The van der Waals surface area contributed by atoms with Crippen molar-refractivity contribution < 1.29 is 19.8 Å². The second kappa shape index (κ2) is 9.45. The molecule has 1 aromatic heterocycles. The lowest BCUT2D eigenvalue weighted by Gasteiger charge is -2.30. The van der Waals surface area contributed by atoms with Gasteiger partial charge in [0.15, 0.2) is 0 Å². The Bertz CT molecular complexity index is 596. The largest absolute Gasteiger partial charge is 0.481 e. The number of carboxylic acids is 2. The van der Waals surface area contributed by atoms with E-state index in [1.165, 1.54) is 0 Å². The van der Waals surface area contributed by atoms with Crippen LogP contribution in [0, 0.1) is 0 Å². The van der Waals surface area contributed by atoms with Gasteiger partial charge in [-0.25, -0.2) is 0 Å². The molecule has 0 aliphatic carbocycles. The zero-order chi connectivity index (χ0) is 18.2. The van der Waals surface area contributed by atoms with Gasteiger partial charge in [0.25, 0.3) is 0 Å². The Morgan fingerprint density at radius 1 is 1.24 bits per heavy atom. The smallest absolute Gasteiger partial charge is 0.320 e. The van der Waals surface area contributed by atoms with Gasteiger partial charge in [-0.1, -0.05) is 6.07 Å². The first-order valence-corrected chi connectivity index (χ1v) is 8.48. The van der Waals surface area contributed by atoms with Gasteiger partial charge < -0.3 is 20.4 Å². The highest BCUT2D eigenvalue weighted by Gasteiger charge is 2.27. The number of hydrogen-bond donors (Lipinski definition) is 3. The zero-order valence-electron chi connectivity index (χ0n) is 14.5. The van der Waals surface area contributed by atoms with E-state index in [1.807, 2.05) is 30.1 Å². The third kappa shape index (κ3) is 6.41. The normalized spacial score (nSPS) is 18.8. The van der Waals surface area contributed by atoms with Crippen molar-refractivity contribution in [2.24, 2.45) is 0 Å². The predicted octanol–water partition coefficient (Wildman–Crippen LogP) is 0.237. The van der Waals surface area contributed by atoms with Crippen LogP contribution in [-0.2, 0) is 22.7 Å². The molecule has 0 spiro atoms. The number of aliphatic carboxylic acids is 2. The number of carbonyl (C=O) groups is 2. The summed E-state index contributed by atoms with van der Waals surface area (Å²) in [5.74, 6) is -1.97. The van der Waals surface area contributed by atoms with Crippen LogP contribution >= 0.6 is 0 Å². The number of hydrogen-bond acceptors (Lipinski definition) is 6. The molecule has 1 aromatic rings. The van der Waals surface area contributed by atoms with Crippen molar-refractivity contribution in [3.05, 3.63) is 29.6 Å². The Hall–Kier alpha value is -2.03. The molecule has 8 heteroatoms. The Kier molecular flexibility index (Phi) is 7.30. The van der Waals surface area contributed by atoms with E-state index in [9.17, 15) is 14.7 Å². The van der Waals surface area contributed by atoms with Crippen molar-refractivity contribution in [3.8, 4) is 0 Å². The third-order valence-electron chi connectivity index (χ3n) is 4.33. The number of pyridine rings is 1. The predicted molar refractivity (Wildman–Crippen MR) is 92.1 cm³/mol. The summed E-state index contributed by atoms with van der Waals surface area (Å²) < 4.78 is 0. The number of nitrogens with one attached hydrogen (secondary N) is 1. The minimum atomic E-state index is -0.992. The summed E-state index contributed by atoms with van der Waals surface area (Å²) in [7, 11) is 2.00. The molecule has 1 unspecified atom stereocenters. The third-order valence-corrected chi connectivity index (χ3v) is 4.33. The lowest BCUT2D eigenvalue weighted by Crippen LogP contribution is -2.45. The van der Waals surface area contributed by atoms with Crippen LogP contribution in [0.1, 0.15) is 24.2 Å². The van der Waals surface area contributed by atoms with Crippen molar-refractivity contribution in [2.45, 2.75) is 32.0 Å². The Balaban J connectivity index is 2.21. The molecule has 0 amide bonds. The van der Waals surface area contributed by atoms with E-state index in [1.54, 1.807) is 0 Å². The summed E-state index contributed by atoms with van der Waals surface area (Å²) in [4.78, 5) is 31.1. The summed E-state index contributed by atoms with van der Waals surface area (Å²) >= 11 is 0.